The number of thioether (sulfide) groups is 2. The summed E-state index contributed by atoms with van der Waals surface area (Å²) in [4.78, 5) is 0. The highest BCUT2D eigenvalue weighted by Gasteiger charge is 2.03. The molecule has 1 heterocycles. The topological polar surface area (TPSA) is 25.8 Å². The van der Waals surface area contributed by atoms with Crippen molar-refractivity contribution in [1.29, 1.82) is 0 Å². The highest BCUT2D eigenvalue weighted by atomic mass is 32.2. The zero-order valence-corrected chi connectivity index (χ0v) is 16.1. The first kappa shape index (κ1) is 18.0. The Labute approximate surface area is 161 Å². The molecule has 0 N–H and O–H groups in total. The van der Waals surface area contributed by atoms with E-state index >= 15 is 0 Å². The average molecular weight is 383 g/mol. The Kier molecular flexibility index (Phi) is 7.36. The Hall–Kier alpha value is -1.82. The van der Waals surface area contributed by atoms with Gasteiger partial charge < -0.3 is 0 Å². The molecule has 0 saturated heterocycles. The number of nitrogens with zero attached hydrogens (tertiary/aromatic N) is 2. The third-order valence-corrected chi connectivity index (χ3v) is 6.31. The molecule has 2 aromatic carbocycles. The van der Waals surface area contributed by atoms with Gasteiger partial charge in [0.15, 0.2) is 8.68 Å². The smallest absolute Gasteiger partial charge is 0.131 e. The minimum atomic E-state index is 0.905. The SMILES string of the molecule is C(=C/c1ccccc1)/CSc1nnc(SC/C=C\c2ccccc2)s1. The molecule has 0 saturated carbocycles. The van der Waals surface area contributed by atoms with E-state index in [1.165, 1.54) is 11.1 Å². The minimum Gasteiger partial charge on any atom is -0.131 e. The molecule has 0 radical (unpaired) electrons. The van der Waals surface area contributed by atoms with Crippen molar-refractivity contribution < 1.29 is 0 Å². The fourth-order valence-corrected chi connectivity index (χ4v) is 4.74. The van der Waals surface area contributed by atoms with Gasteiger partial charge in [-0.25, -0.2) is 0 Å². The zero-order valence-electron chi connectivity index (χ0n) is 13.6. The highest BCUT2D eigenvalue weighted by molar-refractivity contribution is 8.03. The van der Waals surface area contributed by atoms with Crippen molar-refractivity contribution in [2.24, 2.45) is 0 Å². The highest BCUT2D eigenvalue weighted by Crippen LogP contribution is 2.29. The predicted octanol–water partition coefficient (Wildman–Crippen LogP) is 6.15. The van der Waals surface area contributed by atoms with E-state index in [0.29, 0.717) is 0 Å². The normalized spacial score (nSPS) is 11.5. The standard InChI is InChI=1S/C20H18N2S3/c1-3-9-17(10-4-1)13-7-15-23-19-21-22-20(25-19)24-16-8-14-18-11-5-2-6-12-18/h1-14H,15-16H2/b13-7-,14-8-. The predicted molar refractivity (Wildman–Crippen MR) is 112 cm³/mol. The second kappa shape index (κ2) is 10.2. The van der Waals surface area contributed by atoms with Crippen LogP contribution in [0.1, 0.15) is 11.1 Å². The number of hydrogen-bond acceptors (Lipinski definition) is 5. The summed E-state index contributed by atoms with van der Waals surface area (Å²) in [5.74, 6) is 1.81. The van der Waals surface area contributed by atoms with Gasteiger partial charge in [0.1, 0.15) is 0 Å². The molecular formula is C20H18N2S3. The Bertz CT molecular complexity index is 743. The van der Waals surface area contributed by atoms with Crippen LogP contribution in [0.4, 0.5) is 0 Å². The van der Waals surface area contributed by atoms with E-state index in [1.54, 1.807) is 34.9 Å². The van der Waals surface area contributed by atoms with E-state index in [-0.39, 0.29) is 0 Å². The number of hydrogen-bond donors (Lipinski definition) is 0. The van der Waals surface area contributed by atoms with Crippen molar-refractivity contribution >= 4 is 47.0 Å². The van der Waals surface area contributed by atoms with Gasteiger partial charge >= 0.3 is 0 Å². The first-order valence-electron chi connectivity index (χ1n) is 7.92. The van der Waals surface area contributed by atoms with E-state index in [1.807, 2.05) is 36.4 Å². The molecule has 5 heteroatoms. The molecule has 0 aliphatic carbocycles. The maximum absolute atomic E-state index is 4.25. The van der Waals surface area contributed by atoms with Crippen LogP contribution < -0.4 is 0 Å². The zero-order chi connectivity index (χ0) is 17.2. The van der Waals surface area contributed by atoms with Gasteiger partial charge in [-0.3, -0.25) is 0 Å². The van der Waals surface area contributed by atoms with E-state index in [9.17, 15) is 0 Å². The molecular weight excluding hydrogens is 364 g/mol. The molecule has 0 fully saturated rings. The molecule has 3 rings (SSSR count). The van der Waals surface area contributed by atoms with Gasteiger partial charge in [0.25, 0.3) is 0 Å². The molecule has 0 bridgehead atoms. The summed E-state index contributed by atoms with van der Waals surface area (Å²) in [6.07, 6.45) is 8.60. The largest absolute Gasteiger partial charge is 0.175 e. The van der Waals surface area contributed by atoms with Gasteiger partial charge in [0, 0.05) is 11.5 Å². The molecule has 0 aliphatic rings. The molecule has 2 nitrogen and oxygen atoms in total. The molecule has 1 aromatic heterocycles. The summed E-state index contributed by atoms with van der Waals surface area (Å²) in [7, 11) is 0. The van der Waals surface area contributed by atoms with Crippen LogP contribution in [-0.2, 0) is 0 Å². The lowest BCUT2D eigenvalue weighted by Gasteiger charge is -1.92. The summed E-state index contributed by atoms with van der Waals surface area (Å²) in [6.45, 7) is 0. The van der Waals surface area contributed by atoms with Crippen LogP contribution in [0, 0.1) is 0 Å². The van der Waals surface area contributed by atoms with Gasteiger partial charge in [-0.15, -0.1) is 10.2 Å². The van der Waals surface area contributed by atoms with Gasteiger partial charge in [-0.1, -0.05) is 120 Å². The molecule has 0 aliphatic heterocycles. The van der Waals surface area contributed by atoms with Crippen LogP contribution in [0.5, 0.6) is 0 Å². The maximum Gasteiger partial charge on any atom is 0.175 e. The molecule has 0 amide bonds. The van der Waals surface area contributed by atoms with Crippen LogP contribution in [0.3, 0.4) is 0 Å². The van der Waals surface area contributed by atoms with Crippen molar-refractivity contribution in [3.05, 3.63) is 83.9 Å². The van der Waals surface area contributed by atoms with E-state index < -0.39 is 0 Å². The summed E-state index contributed by atoms with van der Waals surface area (Å²) in [5.41, 5.74) is 2.45. The second-order valence-electron chi connectivity index (χ2n) is 5.08. The Balaban J connectivity index is 1.40. The van der Waals surface area contributed by atoms with Gasteiger partial charge in [-0.2, -0.15) is 0 Å². The molecule has 0 atom stereocenters. The quantitative estimate of drug-likeness (QED) is 0.436. The van der Waals surface area contributed by atoms with Gasteiger partial charge in [0.05, 0.1) is 0 Å². The van der Waals surface area contributed by atoms with E-state index in [2.05, 4.69) is 58.8 Å². The third kappa shape index (κ3) is 6.53. The van der Waals surface area contributed by atoms with E-state index in [4.69, 9.17) is 0 Å². The summed E-state index contributed by atoms with van der Waals surface area (Å²) in [6, 6.07) is 20.7. The number of aromatic nitrogens is 2. The van der Waals surface area contributed by atoms with Crippen molar-refractivity contribution in [2.45, 2.75) is 8.68 Å². The van der Waals surface area contributed by atoms with Crippen molar-refractivity contribution in [1.82, 2.24) is 10.2 Å². The third-order valence-electron chi connectivity index (χ3n) is 3.21. The van der Waals surface area contributed by atoms with Crippen LogP contribution >= 0.6 is 34.9 Å². The van der Waals surface area contributed by atoms with Crippen LogP contribution in [-0.4, -0.2) is 21.7 Å². The fraction of sp³-hybridized carbons (Fsp3) is 0.100. The lowest BCUT2D eigenvalue weighted by Crippen LogP contribution is -1.75. The van der Waals surface area contributed by atoms with Crippen LogP contribution in [0.25, 0.3) is 12.2 Å². The summed E-state index contributed by atoms with van der Waals surface area (Å²) >= 11 is 5.11. The first-order valence-corrected chi connectivity index (χ1v) is 10.7. The number of benzene rings is 2. The maximum atomic E-state index is 4.25. The van der Waals surface area contributed by atoms with E-state index in [0.717, 1.165) is 20.2 Å². The first-order chi connectivity index (χ1) is 12.4. The van der Waals surface area contributed by atoms with Crippen molar-refractivity contribution in [3.8, 4) is 0 Å². The van der Waals surface area contributed by atoms with Gasteiger partial charge in [0.2, 0.25) is 0 Å². The molecule has 3 aromatic rings. The lowest BCUT2D eigenvalue weighted by molar-refractivity contribution is 0.956. The van der Waals surface area contributed by atoms with Crippen LogP contribution in [0.15, 0.2) is 81.5 Å². The second-order valence-corrected chi connectivity index (χ2v) is 8.59. The van der Waals surface area contributed by atoms with Crippen molar-refractivity contribution in [2.75, 3.05) is 11.5 Å². The molecule has 0 unspecified atom stereocenters. The van der Waals surface area contributed by atoms with Crippen LogP contribution in [0.2, 0.25) is 0 Å². The lowest BCUT2D eigenvalue weighted by atomic mass is 10.2. The summed E-state index contributed by atoms with van der Waals surface area (Å²) < 4.78 is 2.04. The Morgan fingerprint density at radius 1 is 0.680 bits per heavy atom. The molecule has 0 spiro atoms. The minimum absolute atomic E-state index is 0.905. The van der Waals surface area contributed by atoms with Crippen molar-refractivity contribution in [3.63, 3.8) is 0 Å². The fourth-order valence-electron chi connectivity index (χ4n) is 2.05. The number of rotatable bonds is 8. The molecule has 126 valence electrons. The van der Waals surface area contributed by atoms with Gasteiger partial charge in [-0.05, 0) is 11.1 Å². The summed E-state index contributed by atoms with van der Waals surface area (Å²) in [5, 5.41) is 8.50. The molecule has 25 heavy (non-hydrogen) atoms. The average Bonchev–Trinajstić information content (AvgIpc) is 3.12. The monoisotopic (exact) mass is 382 g/mol. The Morgan fingerprint density at radius 2 is 1.12 bits per heavy atom. The Morgan fingerprint density at radius 3 is 1.56 bits per heavy atom.